The number of hydrogen-bond acceptors (Lipinski definition) is 2. The third kappa shape index (κ3) is 6.72. The van der Waals surface area contributed by atoms with Crippen LogP contribution in [0.5, 0.6) is 0 Å². The molecule has 2 amide bonds. The highest BCUT2D eigenvalue weighted by Gasteiger charge is 2.26. The van der Waals surface area contributed by atoms with Crippen molar-refractivity contribution >= 4 is 11.8 Å². The zero-order chi connectivity index (χ0) is 22.1. The lowest BCUT2D eigenvalue weighted by atomic mass is 10.0. The summed E-state index contributed by atoms with van der Waals surface area (Å²) in [7, 11) is 0. The van der Waals surface area contributed by atoms with Crippen molar-refractivity contribution in [3.05, 3.63) is 70.8 Å². The van der Waals surface area contributed by atoms with E-state index in [9.17, 15) is 9.59 Å². The minimum Gasteiger partial charge on any atom is -0.352 e. The average Bonchev–Trinajstić information content (AvgIpc) is 2.76. The van der Waals surface area contributed by atoms with Crippen LogP contribution < -0.4 is 5.32 Å². The van der Waals surface area contributed by atoms with E-state index >= 15 is 0 Å². The van der Waals surface area contributed by atoms with Crippen molar-refractivity contribution in [1.29, 1.82) is 0 Å². The Balaban J connectivity index is 2.14. The SMILES string of the molecule is CCc1ccc(CCC(=O)N(Cc2ccccc2C)C(C)C(=O)NC(C)CC)cc1. The highest BCUT2D eigenvalue weighted by atomic mass is 16.2. The predicted molar refractivity (Wildman–Crippen MR) is 123 cm³/mol. The number of nitrogens with one attached hydrogen (secondary N) is 1. The fourth-order valence-electron chi connectivity index (χ4n) is 3.36. The fourth-order valence-corrected chi connectivity index (χ4v) is 3.36. The van der Waals surface area contributed by atoms with Crippen LogP contribution in [0.3, 0.4) is 0 Å². The molecule has 0 saturated heterocycles. The van der Waals surface area contributed by atoms with Crippen molar-refractivity contribution in [2.75, 3.05) is 0 Å². The molecule has 2 atom stereocenters. The molecule has 4 nitrogen and oxygen atoms in total. The van der Waals surface area contributed by atoms with Gasteiger partial charge in [-0.1, -0.05) is 62.4 Å². The molecule has 1 N–H and O–H groups in total. The summed E-state index contributed by atoms with van der Waals surface area (Å²) in [6, 6.07) is 16.0. The number of aryl methyl sites for hydroxylation is 3. The third-order valence-electron chi connectivity index (χ3n) is 5.83. The van der Waals surface area contributed by atoms with Gasteiger partial charge in [0.2, 0.25) is 11.8 Å². The van der Waals surface area contributed by atoms with Gasteiger partial charge < -0.3 is 10.2 Å². The van der Waals surface area contributed by atoms with Crippen molar-refractivity contribution in [3.8, 4) is 0 Å². The summed E-state index contributed by atoms with van der Waals surface area (Å²) in [6.45, 7) is 10.5. The Morgan fingerprint density at radius 1 is 0.967 bits per heavy atom. The number of carbonyl (C=O) groups excluding carboxylic acids is 2. The zero-order valence-electron chi connectivity index (χ0n) is 19.1. The lowest BCUT2D eigenvalue weighted by Crippen LogP contribution is -2.49. The number of hydrogen-bond donors (Lipinski definition) is 1. The molecule has 0 radical (unpaired) electrons. The Kier molecular flexibility index (Phi) is 9.10. The largest absolute Gasteiger partial charge is 0.352 e. The van der Waals surface area contributed by atoms with Crippen LogP contribution in [0.25, 0.3) is 0 Å². The molecule has 4 heteroatoms. The normalized spacial score (nSPS) is 12.8. The van der Waals surface area contributed by atoms with Crippen LogP contribution in [-0.2, 0) is 29.0 Å². The Bertz CT molecular complexity index is 829. The van der Waals surface area contributed by atoms with Gasteiger partial charge in [0.25, 0.3) is 0 Å². The van der Waals surface area contributed by atoms with Gasteiger partial charge in [0, 0.05) is 19.0 Å². The quantitative estimate of drug-likeness (QED) is 0.613. The molecule has 0 heterocycles. The van der Waals surface area contributed by atoms with Gasteiger partial charge in [0.1, 0.15) is 6.04 Å². The molecule has 0 aliphatic carbocycles. The zero-order valence-corrected chi connectivity index (χ0v) is 19.1. The number of amides is 2. The summed E-state index contributed by atoms with van der Waals surface area (Å²) < 4.78 is 0. The summed E-state index contributed by atoms with van der Waals surface area (Å²) in [6.07, 6.45) is 2.93. The number of benzene rings is 2. The first-order valence-electron chi connectivity index (χ1n) is 11.1. The maximum absolute atomic E-state index is 13.2. The summed E-state index contributed by atoms with van der Waals surface area (Å²) in [5, 5.41) is 3.02. The van der Waals surface area contributed by atoms with Crippen LogP contribution in [0.1, 0.15) is 62.8 Å². The van der Waals surface area contributed by atoms with E-state index in [1.165, 1.54) is 5.56 Å². The number of nitrogens with zero attached hydrogens (tertiary/aromatic N) is 1. The Hall–Kier alpha value is -2.62. The van der Waals surface area contributed by atoms with Gasteiger partial charge in [-0.15, -0.1) is 0 Å². The standard InChI is InChI=1S/C26H36N2O2/c1-6-20(4)27-26(30)21(5)28(18-24-11-9-8-10-19(24)3)25(29)17-16-23-14-12-22(7-2)13-15-23/h8-15,20-21H,6-7,16-18H2,1-5H3,(H,27,30). The van der Waals surface area contributed by atoms with E-state index in [0.29, 0.717) is 19.4 Å². The van der Waals surface area contributed by atoms with Crippen LogP contribution in [0.15, 0.2) is 48.5 Å². The molecule has 0 aromatic heterocycles. The van der Waals surface area contributed by atoms with Crippen LogP contribution in [-0.4, -0.2) is 28.8 Å². The molecule has 2 unspecified atom stereocenters. The predicted octanol–water partition coefficient (Wildman–Crippen LogP) is 4.82. The van der Waals surface area contributed by atoms with Crippen LogP contribution in [0, 0.1) is 6.92 Å². The van der Waals surface area contributed by atoms with E-state index in [1.54, 1.807) is 4.90 Å². The van der Waals surface area contributed by atoms with Gasteiger partial charge in [-0.05, 0) is 62.3 Å². The monoisotopic (exact) mass is 408 g/mol. The van der Waals surface area contributed by atoms with Gasteiger partial charge in [0.05, 0.1) is 0 Å². The second kappa shape index (κ2) is 11.5. The smallest absolute Gasteiger partial charge is 0.242 e. The topological polar surface area (TPSA) is 49.4 Å². The lowest BCUT2D eigenvalue weighted by Gasteiger charge is -2.30. The minimum absolute atomic E-state index is 0.00428. The molecule has 0 spiro atoms. The van der Waals surface area contributed by atoms with Gasteiger partial charge in [0.15, 0.2) is 0 Å². The maximum atomic E-state index is 13.2. The third-order valence-corrected chi connectivity index (χ3v) is 5.83. The lowest BCUT2D eigenvalue weighted by molar-refractivity contribution is -0.140. The molecule has 0 bridgehead atoms. The Labute approximate surface area is 181 Å². The molecule has 30 heavy (non-hydrogen) atoms. The Morgan fingerprint density at radius 2 is 1.60 bits per heavy atom. The summed E-state index contributed by atoms with van der Waals surface area (Å²) >= 11 is 0. The van der Waals surface area contributed by atoms with E-state index in [0.717, 1.165) is 29.5 Å². The van der Waals surface area contributed by atoms with Gasteiger partial charge in [-0.2, -0.15) is 0 Å². The van der Waals surface area contributed by atoms with E-state index in [-0.39, 0.29) is 17.9 Å². The van der Waals surface area contributed by atoms with Crippen LogP contribution in [0.4, 0.5) is 0 Å². The fraction of sp³-hybridized carbons (Fsp3) is 0.462. The average molecular weight is 409 g/mol. The van der Waals surface area contributed by atoms with Crippen molar-refractivity contribution in [2.24, 2.45) is 0 Å². The first kappa shape index (κ1) is 23.7. The van der Waals surface area contributed by atoms with E-state index < -0.39 is 6.04 Å². The van der Waals surface area contributed by atoms with Crippen molar-refractivity contribution in [3.63, 3.8) is 0 Å². The minimum atomic E-state index is -0.520. The van der Waals surface area contributed by atoms with Crippen molar-refractivity contribution in [2.45, 2.75) is 78.9 Å². The first-order valence-corrected chi connectivity index (χ1v) is 11.1. The van der Waals surface area contributed by atoms with Gasteiger partial charge in [-0.3, -0.25) is 9.59 Å². The molecule has 0 saturated carbocycles. The van der Waals surface area contributed by atoms with Gasteiger partial charge >= 0.3 is 0 Å². The second-order valence-electron chi connectivity index (χ2n) is 8.11. The molecule has 0 aliphatic heterocycles. The molecular formula is C26H36N2O2. The molecule has 162 valence electrons. The van der Waals surface area contributed by atoms with Gasteiger partial charge in [-0.25, -0.2) is 0 Å². The number of carbonyl (C=O) groups is 2. The van der Waals surface area contributed by atoms with Crippen LogP contribution in [0.2, 0.25) is 0 Å². The van der Waals surface area contributed by atoms with Crippen molar-refractivity contribution in [1.82, 2.24) is 10.2 Å². The first-order chi connectivity index (χ1) is 14.3. The van der Waals surface area contributed by atoms with E-state index in [2.05, 4.69) is 36.5 Å². The molecule has 0 aliphatic rings. The summed E-state index contributed by atoms with van der Waals surface area (Å²) in [5.74, 6) is -0.0943. The molecule has 0 fully saturated rings. The Morgan fingerprint density at radius 3 is 2.20 bits per heavy atom. The van der Waals surface area contributed by atoms with Crippen LogP contribution >= 0.6 is 0 Å². The number of rotatable bonds is 10. The van der Waals surface area contributed by atoms with E-state index in [1.807, 2.05) is 52.0 Å². The second-order valence-corrected chi connectivity index (χ2v) is 8.11. The molecule has 2 aromatic carbocycles. The summed E-state index contributed by atoms with van der Waals surface area (Å²) in [4.78, 5) is 27.7. The molecule has 2 rings (SSSR count). The van der Waals surface area contributed by atoms with Crippen molar-refractivity contribution < 1.29 is 9.59 Å². The molecule has 2 aromatic rings. The maximum Gasteiger partial charge on any atom is 0.242 e. The molecular weight excluding hydrogens is 372 g/mol. The highest BCUT2D eigenvalue weighted by Crippen LogP contribution is 2.16. The highest BCUT2D eigenvalue weighted by molar-refractivity contribution is 5.87. The van der Waals surface area contributed by atoms with E-state index in [4.69, 9.17) is 0 Å². The summed E-state index contributed by atoms with van der Waals surface area (Å²) in [5.41, 5.74) is 4.64.